The number of hydrogen-bond acceptors (Lipinski definition) is 5. The maximum atomic E-state index is 10.7. The molecule has 0 unspecified atom stereocenters. The fourth-order valence-corrected chi connectivity index (χ4v) is 2.39. The molecule has 0 bridgehead atoms. The number of benzene rings is 1. The van der Waals surface area contributed by atoms with Gasteiger partial charge in [0.15, 0.2) is 5.15 Å². The number of aromatic nitrogens is 2. The zero-order valence-corrected chi connectivity index (χ0v) is 12.8. The largest absolute Gasteiger partial charge is 0.390 e. The highest BCUT2D eigenvalue weighted by molar-refractivity contribution is 6.30. The Bertz CT molecular complexity index is 655. The summed E-state index contributed by atoms with van der Waals surface area (Å²) < 4.78 is 6.85. The van der Waals surface area contributed by atoms with Crippen molar-refractivity contribution in [1.82, 2.24) is 9.55 Å². The molecule has 8 heteroatoms. The Balaban J connectivity index is 2.28. The summed E-state index contributed by atoms with van der Waals surface area (Å²) in [5.41, 5.74) is 1.41. The van der Waals surface area contributed by atoms with Crippen LogP contribution < -0.4 is 0 Å². The highest BCUT2D eigenvalue weighted by Gasteiger charge is 2.15. The topological polar surface area (TPSA) is 90.4 Å². The summed E-state index contributed by atoms with van der Waals surface area (Å²) in [6.07, 6.45) is 0.559. The van der Waals surface area contributed by atoms with E-state index in [1.807, 2.05) is 4.57 Å². The van der Waals surface area contributed by atoms with Crippen LogP contribution >= 0.6 is 11.6 Å². The van der Waals surface area contributed by atoms with Crippen molar-refractivity contribution in [3.8, 4) is 0 Å². The van der Waals surface area contributed by atoms with Crippen molar-refractivity contribution in [1.29, 1.82) is 0 Å². The molecule has 1 aromatic carbocycles. The molecule has 0 aliphatic carbocycles. The van der Waals surface area contributed by atoms with E-state index in [2.05, 4.69) is 4.98 Å². The predicted molar refractivity (Wildman–Crippen MR) is 80.9 cm³/mol. The number of halogens is 1. The van der Waals surface area contributed by atoms with E-state index in [4.69, 9.17) is 16.3 Å². The van der Waals surface area contributed by atoms with E-state index in [1.54, 1.807) is 19.2 Å². The normalized spacial score (nSPS) is 10.9. The quantitative estimate of drug-likeness (QED) is 0.622. The van der Waals surface area contributed by atoms with E-state index in [0.717, 1.165) is 5.56 Å². The number of non-ortho nitro benzene ring substituents is 1. The third-order valence-electron chi connectivity index (χ3n) is 3.27. The zero-order valence-electron chi connectivity index (χ0n) is 12.0. The van der Waals surface area contributed by atoms with Crippen LogP contribution in [0.1, 0.15) is 17.1 Å². The molecule has 0 atom stereocenters. The molecule has 0 saturated heterocycles. The van der Waals surface area contributed by atoms with E-state index in [1.165, 1.54) is 12.1 Å². The van der Waals surface area contributed by atoms with Gasteiger partial charge in [-0.2, -0.15) is 0 Å². The standard InChI is InChI=1S/C14H16ClN3O4/c1-22-7-6-13-16-14(15)12(9-19)17(13)8-10-2-4-11(5-3-10)18(20)21/h2-5,19H,6-9H2,1H3. The monoisotopic (exact) mass is 325 g/mol. The Morgan fingerprint density at radius 3 is 2.64 bits per heavy atom. The second-order valence-electron chi connectivity index (χ2n) is 4.68. The molecular formula is C14H16ClN3O4. The Hall–Kier alpha value is -1.96. The molecule has 1 N–H and O–H groups in total. The predicted octanol–water partition coefficient (Wildman–Crippen LogP) is 2.17. The molecule has 0 aliphatic rings. The first-order valence-corrected chi connectivity index (χ1v) is 7.01. The minimum atomic E-state index is -0.443. The number of aliphatic hydroxyl groups is 1. The molecule has 22 heavy (non-hydrogen) atoms. The van der Waals surface area contributed by atoms with Crippen LogP contribution in [0, 0.1) is 10.1 Å². The van der Waals surface area contributed by atoms with Crippen LogP contribution in [0.15, 0.2) is 24.3 Å². The van der Waals surface area contributed by atoms with E-state index in [-0.39, 0.29) is 17.4 Å². The van der Waals surface area contributed by atoms with Crippen LogP contribution in [0.3, 0.4) is 0 Å². The lowest BCUT2D eigenvalue weighted by Gasteiger charge is -2.11. The van der Waals surface area contributed by atoms with Gasteiger partial charge in [-0.05, 0) is 5.56 Å². The van der Waals surface area contributed by atoms with Gasteiger partial charge in [-0.1, -0.05) is 23.7 Å². The van der Waals surface area contributed by atoms with Gasteiger partial charge in [0.05, 0.1) is 23.8 Å². The number of methoxy groups -OCH3 is 1. The molecular weight excluding hydrogens is 310 g/mol. The molecule has 0 radical (unpaired) electrons. The highest BCUT2D eigenvalue weighted by Crippen LogP contribution is 2.21. The number of imidazole rings is 1. The summed E-state index contributed by atoms with van der Waals surface area (Å²) in [5, 5.41) is 20.4. The number of nitro groups is 1. The van der Waals surface area contributed by atoms with Crippen LogP contribution in [0.5, 0.6) is 0 Å². The number of nitrogens with zero attached hydrogens (tertiary/aromatic N) is 3. The molecule has 7 nitrogen and oxygen atoms in total. The molecule has 1 heterocycles. The van der Waals surface area contributed by atoms with Crippen molar-refractivity contribution in [2.45, 2.75) is 19.6 Å². The third-order valence-corrected chi connectivity index (χ3v) is 3.57. The molecule has 2 rings (SSSR count). The van der Waals surface area contributed by atoms with Crippen LogP contribution in [0.4, 0.5) is 5.69 Å². The van der Waals surface area contributed by atoms with Crippen molar-refractivity contribution in [2.75, 3.05) is 13.7 Å². The smallest absolute Gasteiger partial charge is 0.269 e. The van der Waals surface area contributed by atoms with Gasteiger partial charge in [0.25, 0.3) is 5.69 Å². The minimum Gasteiger partial charge on any atom is -0.390 e. The van der Waals surface area contributed by atoms with Gasteiger partial charge in [-0.25, -0.2) is 4.98 Å². The maximum absolute atomic E-state index is 10.7. The molecule has 0 fully saturated rings. The van der Waals surface area contributed by atoms with Gasteiger partial charge in [-0.3, -0.25) is 10.1 Å². The van der Waals surface area contributed by atoms with E-state index < -0.39 is 4.92 Å². The van der Waals surface area contributed by atoms with Gasteiger partial charge >= 0.3 is 0 Å². The average Bonchev–Trinajstić information content (AvgIpc) is 2.80. The lowest BCUT2D eigenvalue weighted by molar-refractivity contribution is -0.384. The van der Waals surface area contributed by atoms with E-state index >= 15 is 0 Å². The number of hydrogen-bond donors (Lipinski definition) is 1. The lowest BCUT2D eigenvalue weighted by atomic mass is 10.2. The molecule has 0 amide bonds. The van der Waals surface area contributed by atoms with Crippen LogP contribution in [0.2, 0.25) is 5.15 Å². The molecule has 1 aromatic heterocycles. The maximum Gasteiger partial charge on any atom is 0.269 e. The van der Waals surface area contributed by atoms with Crippen molar-refractivity contribution >= 4 is 17.3 Å². The van der Waals surface area contributed by atoms with Gasteiger partial charge in [-0.15, -0.1) is 0 Å². The van der Waals surface area contributed by atoms with Gasteiger partial charge in [0.2, 0.25) is 0 Å². The zero-order chi connectivity index (χ0) is 16.1. The Morgan fingerprint density at radius 1 is 1.41 bits per heavy atom. The SMILES string of the molecule is COCCc1nc(Cl)c(CO)n1Cc1ccc([N+](=O)[O-])cc1. The van der Waals surface area contributed by atoms with Crippen molar-refractivity contribution in [2.24, 2.45) is 0 Å². The average molecular weight is 326 g/mol. The number of nitro benzene ring substituents is 1. The Kier molecular flexibility index (Phi) is 5.48. The number of ether oxygens (including phenoxy) is 1. The molecule has 2 aromatic rings. The van der Waals surface area contributed by atoms with E-state index in [9.17, 15) is 15.2 Å². The first kappa shape index (κ1) is 16.4. The highest BCUT2D eigenvalue weighted by atomic mass is 35.5. The summed E-state index contributed by atoms with van der Waals surface area (Å²) in [6.45, 7) is 0.678. The summed E-state index contributed by atoms with van der Waals surface area (Å²) in [5.74, 6) is 0.703. The summed E-state index contributed by atoms with van der Waals surface area (Å²) in [4.78, 5) is 14.5. The molecule has 118 valence electrons. The Labute approximate surface area is 132 Å². The minimum absolute atomic E-state index is 0.0365. The second kappa shape index (κ2) is 7.35. The van der Waals surface area contributed by atoms with Gasteiger partial charge in [0, 0.05) is 32.2 Å². The van der Waals surface area contributed by atoms with Crippen LogP contribution in [-0.4, -0.2) is 33.3 Å². The first-order chi connectivity index (χ1) is 10.6. The number of aliphatic hydroxyl groups excluding tert-OH is 1. The third kappa shape index (κ3) is 3.62. The van der Waals surface area contributed by atoms with Crippen LogP contribution in [0.25, 0.3) is 0 Å². The second-order valence-corrected chi connectivity index (χ2v) is 5.03. The first-order valence-electron chi connectivity index (χ1n) is 6.63. The van der Waals surface area contributed by atoms with Crippen molar-refractivity contribution in [3.05, 3.63) is 56.6 Å². The van der Waals surface area contributed by atoms with Crippen molar-refractivity contribution in [3.63, 3.8) is 0 Å². The summed E-state index contributed by atoms with van der Waals surface area (Å²) >= 11 is 6.04. The molecule has 0 saturated carbocycles. The fourth-order valence-electron chi connectivity index (χ4n) is 2.13. The summed E-state index contributed by atoms with van der Waals surface area (Å²) in [6, 6.07) is 6.24. The number of rotatable bonds is 7. The lowest BCUT2D eigenvalue weighted by Crippen LogP contribution is -2.11. The molecule has 0 aliphatic heterocycles. The summed E-state index contributed by atoms with van der Waals surface area (Å²) in [7, 11) is 1.60. The fraction of sp³-hybridized carbons (Fsp3) is 0.357. The van der Waals surface area contributed by atoms with Gasteiger partial charge in [0.1, 0.15) is 5.82 Å². The van der Waals surface area contributed by atoms with Gasteiger partial charge < -0.3 is 14.4 Å². The van der Waals surface area contributed by atoms with Crippen molar-refractivity contribution < 1.29 is 14.8 Å². The van der Waals surface area contributed by atoms with E-state index in [0.29, 0.717) is 31.1 Å². The Morgan fingerprint density at radius 2 is 2.09 bits per heavy atom. The molecule has 0 spiro atoms. The van der Waals surface area contributed by atoms with Crippen LogP contribution in [-0.2, 0) is 24.3 Å².